The predicted molar refractivity (Wildman–Crippen MR) is 84.8 cm³/mol. The summed E-state index contributed by atoms with van der Waals surface area (Å²) in [6.45, 7) is 2.46. The molecule has 0 unspecified atom stereocenters. The van der Waals surface area contributed by atoms with Gasteiger partial charge < -0.3 is 4.74 Å². The Labute approximate surface area is 134 Å². The SMILES string of the molecule is CCOc1ccccc1/C=N\N1C(=O)[C@@H]2[C@H](C1=O)[C@H]1C=C[C@H]2C1. The Morgan fingerprint density at radius 2 is 1.83 bits per heavy atom. The van der Waals surface area contributed by atoms with Crippen LogP contribution in [0.2, 0.25) is 0 Å². The highest BCUT2D eigenvalue weighted by Crippen LogP contribution is 2.52. The number of ether oxygens (including phenoxy) is 1. The van der Waals surface area contributed by atoms with Crippen molar-refractivity contribution in [3.8, 4) is 5.75 Å². The third-order valence-corrected chi connectivity index (χ3v) is 4.98. The lowest BCUT2D eigenvalue weighted by Gasteiger charge is -2.13. The third kappa shape index (κ3) is 2.11. The lowest BCUT2D eigenvalue weighted by atomic mass is 9.85. The van der Waals surface area contributed by atoms with Crippen LogP contribution in [-0.2, 0) is 9.59 Å². The maximum atomic E-state index is 12.5. The second-order valence-corrected chi connectivity index (χ2v) is 6.20. The number of amides is 2. The first kappa shape index (κ1) is 14.2. The number of imide groups is 1. The fourth-order valence-corrected chi connectivity index (χ4v) is 3.99. The normalized spacial score (nSPS) is 31.4. The van der Waals surface area contributed by atoms with Crippen molar-refractivity contribution in [2.45, 2.75) is 13.3 Å². The van der Waals surface area contributed by atoms with Crippen molar-refractivity contribution < 1.29 is 14.3 Å². The zero-order valence-corrected chi connectivity index (χ0v) is 12.9. The molecule has 118 valence electrons. The molecule has 23 heavy (non-hydrogen) atoms. The summed E-state index contributed by atoms with van der Waals surface area (Å²) >= 11 is 0. The Balaban J connectivity index is 1.58. The lowest BCUT2D eigenvalue weighted by molar-refractivity contribution is -0.140. The minimum Gasteiger partial charge on any atom is -0.493 e. The van der Waals surface area contributed by atoms with Gasteiger partial charge in [0, 0.05) is 5.56 Å². The highest BCUT2D eigenvalue weighted by Gasteiger charge is 2.59. The van der Waals surface area contributed by atoms with E-state index in [1.165, 1.54) is 6.21 Å². The Kier molecular flexibility index (Phi) is 3.29. The molecule has 1 saturated carbocycles. The smallest absolute Gasteiger partial charge is 0.254 e. The molecule has 1 saturated heterocycles. The highest BCUT2D eigenvalue weighted by atomic mass is 16.5. The zero-order valence-electron chi connectivity index (χ0n) is 12.9. The summed E-state index contributed by atoms with van der Waals surface area (Å²) in [5.41, 5.74) is 0.758. The molecule has 2 bridgehead atoms. The summed E-state index contributed by atoms with van der Waals surface area (Å²) in [5.74, 6) is 0.354. The van der Waals surface area contributed by atoms with Crippen LogP contribution in [0.3, 0.4) is 0 Å². The summed E-state index contributed by atoms with van der Waals surface area (Å²) in [6, 6.07) is 7.45. The third-order valence-electron chi connectivity index (χ3n) is 4.98. The first-order valence-electron chi connectivity index (χ1n) is 8.02. The van der Waals surface area contributed by atoms with Crippen molar-refractivity contribution in [1.29, 1.82) is 0 Å². The average molecular weight is 310 g/mol. The quantitative estimate of drug-likeness (QED) is 0.487. The molecule has 2 fully saturated rings. The topological polar surface area (TPSA) is 59.0 Å². The van der Waals surface area contributed by atoms with E-state index in [0.717, 1.165) is 17.0 Å². The average Bonchev–Trinajstić information content (AvgIpc) is 3.22. The van der Waals surface area contributed by atoms with Gasteiger partial charge in [0.15, 0.2) is 0 Å². The lowest BCUT2D eigenvalue weighted by Crippen LogP contribution is -2.28. The van der Waals surface area contributed by atoms with Gasteiger partial charge in [-0.2, -0.15) is 10.1 Å². The summed E-state index contributed by atoms with van der Waals surface area (Å²) in [6.07, 6.45) is 6.62. The molecule has 1 heterocycles. The summed E-state index contributed by atoms with van der Waals surface area (Å²) in [5, 5.41) is 5.24. The number of hydrogen-bond acceptors (Lipinski definition) is 4. The van der Waals surface area contributed by atoms with Gasteiger partial charge in [-0.05, 0) is 37.3 Å². The maximum Gasteiger partial charge on any atom is 0.254 e. The van der Waals surface area contributed by atoms with Gasteiger partial charge in [-0.1, -0.05) is 24.3 Å². The standard InChI is InChI=1S/C18H18N2O3/c1-2-23-14-6-4-3-5-13(14)10-19-20-17(21)15-11-7-8-12(9-11)16(15)18(20)22/h3-8,10-12,15-16H,2,9H2,1H3/b19-10-/t11-,12-,15-,16+/m0/s1. The van der Waals surface area contributed by atoms with Crippen LogP contribution < -0.4 is 4.74 Å². The van der Waals surface area contributed by atoms with Crippen LogP contribution in [0.25, 0.3) is 0 Å². The molecule has 0 spiro atoms. The number of carbonyl (C=O) groups excluding carboxylic acids is 2. The molecule has 1 aromatic rings. The highest BCUT2D eigenvalue weighted by molar-refractivity contribution is 6.06. The Morgan fingerprint density at radius 1 is 1.17 bits per heavy atom. The number of allylic oxidation sites excluding steroid dienone is 2. The molecule has 5 nitrogen and oxygen atoms in total. The number of fused-ring (bicyclic) bond motifs is 5. The van der Waals surface area contributed by atoms with E-state index in [2.05, 4.69) is 17.3 Å². The van der Waals surface area contributed by atoms with E-state index in [9.17, 15) is 9.59 Å². The zero-order chi connectivity index (χ0) is 16.0. The largest absolute Gasteiger partial charge is 0.493 e. The summed E-state index contributed by atoms with van der Waals surface area (Å²) in [4.78, 5) is 25.1. The van der Waals surface area contributed by atoms with Gasteiger partial charge in [-0.15, -0.1) is 0 Å². The number of hydrazone groups is 1. The Bertz CT molecular complexity index is 695. The van der Waals surface area contributed by atoms with Gasteiger partial charge in [0.1, 0.15) is 5.75 Å². The Morgan fingerprint density at radius 3 is 2.48 bits per heavy atom. The second-order valence-electron chi connectivity index (χ2n) is 6.20. The predicted octanol–water partition coefficient (Wildman–Crippen LogP) is 2.23. The molecular formula is C18H18N2O3. The number of rotatable bonds is 4. The maximum absolute atomic E-state index is 12.5. The van der Waals surface area contributed by atoms with Crippen molar-refractivity contribution >= 4 is 18.0 Å². The van der Waals surface area contributed by atoms with Crippen LogP contribution in [0, 0.1) is 23.7 Å². The monoisotopic (exact) mass is 310 g/mol. The van der Waals surface area contributed by atoms with E-state index >= 15 is 0 Å². The molecule has 2 aliphatic carbocycles. The number of para-hydroxylation sites is 1. The molecular weight excluding hydrogens is 292 g/mol. The van der Waals surface area contributed by atoms with Crippen molar-refractivity contribution in [1.82, 2.24) is 5.01 Å². The molecule has 5 heteroatoms. The first-order valence-corrected chi connectivity index (χ1v) is 8.02. The van der Waals surface area contributed by atoms with Crippen molar-refractivity contribution in [2.24, 2.45) is 28.8 Å². The molecule has 3 aliphatic rings. The van der Waals surface area contributed by atoms with E-state index < -0.39 is 0 Å². The molecule has 4 rings (SSSR count). The van der Waals surface area contributed by atoms with Crippen molar-refractivity contribution in [2.75, 3.05) is 6.61 Å². The minimum atomic E-state index is -0.211. The summed E-state index contributed by atoms with van der Waals surface area (Å²) < 4.78 is 5.53. The van der Waals surface area contributed by atoms with Crippen molar-refractivity contribution in [3.05, 3.63) is 42.0 Å². The Hall–Kier alpha value is -2.43. The van der Waals surface area contributed by atoms with Crippen LogP contribution >= 0.6 is 0 Å². The molecule has 0 aromatic heterocycles. The van der Waals surface area contributed by atoms with E-state index in [0.29, 0.717) is 12.4 Å². The van der Waals surface area contributed by atoms with E-state index in [1.54, 1.807) is 0 Å². The molecule has 1 aliphatic heterocycles. The van der Waals surface area contributed by atoms with Crippen LogP contribution in [0.15, 0.2) is 41.5 Å². The van der Waals surface area contributed by atoms with Crippen LogP contribution in [0.4, 0.5) is 0 Å². The van der Waals surface area contributed by atoms with Gasteiger partial charge in [0.05, 0.1) is 24.7 Å². The van der Waals surface area contributed by atoms with Crippen LogP contribution in [0.1, 0.15) is 18.9 Å². The number of carbonyl (C=O) groups is 2. The van der Waals surface area contributed by atoms with Gasteiger partial charge in [-0.25, -0.2) is 0 Å². The number of nitrogens with zero attached hydrogens (tertiary/aromatic N) is 2. The first-order chi connectivity index (χ1) is 11.2. The molecule has 4 atom stereocenters. The van der Waals surface area contributed by atoms with Gasteiger partial charge >= 0.3 is 0 Å². The van der Waals surface area contributed by atoms with Crippen LogP contribution in [-0.4, -0.2) is 29.6 Å². The molecule has 0 radical (unpaired) electrons. The number of hydrogen-bond donors (Lipinski definition) is 0. The number of benzene rings is 1. The summed E-state index contributed by atoms with van der Waals surface area (Å²) in [7, 11) is 0. The van der Waals surface area contributed by atoms with Gasteiger partial charge in [-0.3, -0.25) is 9.59 Å². The molecule has 0 N–H and O–H groups in total. The van der Waals surface area contributed by atoms with E-state index in [1.807, 2.05) is 31.2 Å². The van der Waals surface area contributed by atoms with Gasteiger partial charge in [0.25, 0.3) is 11.8 Å². The van der Waals surface area contributed by atoms with E-state index in [4.69, 9.17) is 4.74 Å². The molecule has 2 amide bonds. The fourth-order valence-electron chi connectivity index (χ4n) is 3.99. The van der Waals surface area contributed by atoms with E-state index in [-0.39, 0.29) is 35.5 Å². The second kappa shape index (κ2) is 5.33. The van der Waals surface area contributed by atoms with Gasteiger partial charge in [0.2, 0.25) is 0 Å². The molecule has 1 aromatic carbocycles. The van der Waals surface area contributed by atoms with Crippen LogP contribution in [0.5, 0.6) is 5.75 Å². The van der Waals surface area contributed by atoms with Crippen molar-refractivity contribution in [3.63, 3.8) is 0 Å². The fraction of sp³-hybridized carbons (Fsp3) is 0.389. The minimum absolute atomic E-state index is 0.165.